The van der Waals surface area contributed by atoms with Gasteiger partial charge in [0.2, 0.25) is 0 Å². The van der Waals surface area contributed by atoms with Gasteiger partial charge in [0.25, 0.3) is 0 Å². The maximum Gasteiger partial charge on any atom is 0.0553 e. The molecule has 10 aromatic rings. The lowest BCUT2D eigenvalue weighted by Gasteiger charge is -2.26. The van der Waals surface area contributed by atoms with Crippen LogP contribution < -0.4 is 4.90 Å². The zero-order chi connectivity index (χ0) is 35.6. The lowest BCUT2D eigenvalue weighted by molar-refractivity contribution is 1.17. The number of para-hydroxylation sites is 2. The second-order valence-electron chi connectivity index (χ2n) is 14.1. The number of aromatic nitrogens is 1. The molecule has 0 fully saturated rings. The second-order valence-corrected chi connectivity index (χ2v) is 14.1. The van der Waals surface area contributed by atoms with Crippen molar-refractivity contribution in [3.63, 3.8) is 0 Å². The van der Waals surface area contributed by atoms with Gasteiger partial charge in [0.1, 0.15) is 0 Å². The molecule has 1 aliphatic rings. The molecule has 2 nitrogen and oxygen atoms in total. The van der Waals surface area contributed by atoms with E-state index in [1.165, 1.54) is 77.1 Å². The highest BCUT2D eigenvalue weighted by Crippen LogP contribution is 2.51. The lowest BCUT2D eigenvalue weighted by atomic mass is 9.91. The highest BCUT2D eigenvalue weighted by molar-refractivity contribution is 6.28. The molecule has 0 unspecified atom stereocenters. The van der Waals surface area contributed by atoms with Crippen LogP contribution in [0.1, 0.15) is 0 Å². The van der Waals surface area contributed by atoms with E-state index in [2.05, 4.69) is 216 Å². The number of anilines is 3. The summed E-state index contributed by atoms with van der Waals surface area (Å²) in [6, 6.07) is 75.1. The van der Waals surface area contributed by atoms with Crippen molar-refractivity contribution in [2.24, 2.45) is 0 Å². The summed E-state index contributed by atoms with van der Waals surface area (Å²) in [4.78, 5) is 2.33. The van der Waals surface area contributed by atoms with Gasteiger partial charge in [0.05, 0.1) is 11.0 Å². The molecule has 0 atom stereocenters. The number of hydrogen-bond donors (Lipinski definition) is 0. The number of fused-ring (bicyclic) bond motifs is 9. The van der Waals surface area contributed by atoms with Gasteiger partial charge in [-0.3, -0.25) is 0 Å². The zero-order valence-corrected chi connectivity index (χ0v) is 29.5. The molecule has 252 valence electrons. The highest BCUT2D eigenvalue weighted by Gasteiger charge is 2.25. The van der Waals surface area contributed by atoms with E-state index in [4.69, 9.17) is 0 Å². The SMILES string of the molecule is c1ccc(-c2ccc(N(c3ccccc3)c3ccc(-n4c5ccccc5c5c6cccc7c6c(cc54)-c4ccccc4-c4ccccc4-7)cc3)cc2)cc1. The smallest absolute Gasteiger partial charge is 0.0553 e. The van der Waals surface area contributed by atoms with Crippen LogP contribution in [0.5, 0.6) is 0 Å². The summed E-state index contributed by atoms with van der Waals surface area (Å²) in [6.07, 6.45) is 0. The summed E-state index contributed by atoms with van der Waals surface area (Å²) >= 11 is 0. The maximum atomic E-state index is 2.46. The molecule has 0 spiro atoms. The Kier molecular flexibility index (Phi) is 6.90. The summed E-state index contributed by atoms with van der Waals surface area (Å²) in [5.74, 6) is 0. The van der Waals surface area contributed by atoms with Crippen LogP contribution in [0.2, 0.25) is 0 Å². The number of rotatable bonds is 5. The average molecular weight is 687 g/mol. The van der Waals surface area contributed by atoms with E-state index in [-0.39, 0.29) is 0 Å². The van der Waals surface area contributed by atoms with E-state index >= 15 is 0 Å². The summed E-state index contributed by atoms with van der Waals surface area (Å²) in [6.45, 7) is 0. The molecule has 0 bridgehead atoms. The first kappa shape index (κ1) is 30.5. The minimum Gasteiger partial charge on any atom is -0.311 e. The Balaban J connectivity index is 1.11. The Labute approximate surface area is 314 Å². The average Bonchev–Trinajstić information content (AvgIpc) is 3.53. The third kappa shape index (κ3) is 4.67. The zero-order valence-electron chi connectivity index (χ0n) is 29.5. The quantitative estimate of drug-likeness (QED) is 0.175. The Morgan fingerprint density at radius 3 is 1.46 bits per heavy atom. The molecule has 1 aromatic heterocycles. The Morgan fingerprint density at radius 1 is 0.296 bits per heavy atom. The molecule has 2 heteroatoms. The predicted octanol–water partition coefficient (Wildman–Crippen LogP) is 14.4. The summed E-state index contributed by atoms with van der Waals surface area (Å²) in [5.41, 5.74) is 17.0. The van der Waals surface area contributed by atoms with E-state index in [0.29, 0.717) is 0 Å². The summed E-state index contributed by atoms with van der Waals surface area (Å²) < 4.78 is 2.46. The molecule has 1 heterocycles. The van der Waals surface area contributed by atoms with Crippen LogP contribution in [0.15, 0.2) is 206 Å². The van der Waals surface area contributed by atoms with Crippen molar-refractivity contribution in [1.82, 2.24) is 4.57 Å². The third-order valence-corrected chi connectivity index (χ3v) is 11.1. The van der Waals surface area contributed by atoms with Crippen LogP contribution in [0.3, 0.4) is 0 Å². The largest absolute Gasteiger partial charge is 0.311 e. The first-order valence-electron chi connectivity index (χ1n) is 18.6. The van der Waals surface area contributed by atoms with Gasteiger partial charge < -0.3 is 9.47 Å². The third-order valence-electron chi connectivity index (χ3n) is 11.1. The summed E-state index contributed by atoms with van der Waals surface area (Å²) in [7, 11) is 0. The highest BCUT2D eigenvalue weighted by atomic mass is 15.1. The molecule has 0 amide bonds. The Morgan fingerprint density at radius 2 is 0.778 bits per heavy atom. The standard InChI is InChI=1S/C52H34N2/c1-3-14-35(15-4-1)36-26-28-38(29-27-36)53(37-16-5-2-6-17-37)39-30-32-40(33-31-39)54-49-25-12-11-22-46(49)52-47-24-13-23-45-43-20-9-7-18-41(43)42-19-8-10-21-44(42)48(51(45)47)34-50(52)54/h1-34H. The topological polar surface area (TPSA) is 8.17 Å². The van der Waals surface area contributed by atoms with Gasteiger partial charge in [-0.2, -0.15) is 0 Å². The number of nitrogens with zero attached hydrogens (tertiary/aromatic N) is 2. The molecule has 0 saturated carbocycles. The van der Waals surface area contributed by atoms with Crippen LogP contribution in [0, 0.1) is 0 Å². The fourth-order valence-corrected chi connectivity index (χ4v) is 8.77. The lowest BCUT2D eigenvalue weighted by Crippen LogP contribution is -2.10. The van der Waals surface area contributed by atoms with Gasteiger partial charge >= 0.3 is 0 Å². The van der Waals surface area contributed by atoms with E-state index in [1.54, 1.807) is 0 Å². The van der Waals surface area contributed by atoms with Gasteiger partial charge in [-0.05, 0) is 116 Å². The van der Waals surface area contributed by atoms with Gasteiger partial charge in [-0.15, -0.1) is 0 Å². The van der Waals surface area contributed by atoms with Crippen molar-refractivity contribution in [2.75, 3.05) is 4.90 Å². The first-order chi connectivity index (χ1) is 26.8. The normalized spacial score (nSPS) is 11.7. The van der Waals surface area contributed by atoms with Crippen LogP contribution in [-0.2, 0) is 0 Å². The number of hydrogen-bond acceptors (Lipinski definition) is 1. The van der Waals surface area contributed by atoms with Crippen molar-refractivity contribution >= 4 is 49.6 Å². The fraction of sp³-hybridized carbons (Fsp3) is 0. The number of benzene rings is 9. The van der Waals surface area contributed by atoms with Crippen LogP contribution in [-0.4, -0.2) is 4.57 Å². The molecule has 9 aromatic carbocycles. The minimum absolute atomic E-state index is 1.10. The molecule has 11 rings (SSSR count). The Bertz CT molecular complexity index is 3010. The van der Waals surface area contributed by atoms with Crippen molar-refractivity contribution < 1.29 is 0 Å². The van der Waals surface area contributed by atoms with Gasteiger partial charge in [0.15, 0.2) is 0 Å². The molecular weight excluding hydrogens is 653 g/mol. The predicted molar refractivity (Wildman–Crippen MR) is 228 cm³/mol. The molecule has 0 aliphatic heterocycles. The van der Waals surface area contributed by atoms with Crippen molar-refractivity contribution in [2.45, 2.75) is 0 Å². The first-order valence-corrected chi connectivity index (χ1v) is 18.6. The van der Waals surface area contributed by atoms with Crippen LogP contribution in [0.4, 0.5) is 17.1 Å². The molecule has 0 N–H and O–H groups in total. The van der Waals surface area contributed by atoms with Crippen molar-refractivity contribution in [3.05, 3.63) is 206 Å². The molecule has 54 heavy (non-hydrogen) atoms. The molecule has 0 saturated heterocycles. The minimum atomic E-state index is 1.10. The molecular formula is C52H34N2. The Hall–Kier alpha value is -7.16. The monoisotopic (exact) mass is 686 g/mol. The summed E-state index contributed by atoms with van der Waals surface area (Å²) in [5, 5.41) is 5.15. The van der Waals surface area contributed by atoms with Crippen molar-refractivity contribution in [1.29, 1.82) is 0 Å². The van der Waals surface area contributed by atoms with E-state index < -0.39 is 0 Å². The molecule has 1 aliphatic carbocycles. The maximum absolute atomic E-state index is 2.46. The van der Waals surface area contributed by atoms with Gasteiger partial charge in [0, 0.05) is 33.5 Å². The molecule has 0 radical (unpaired) electrons. The van der Waals surface area contributed by atoms with Gasteiger partial charge in [-0.25, -0.2) is 0 Å². The van der Waals surface area contributed by atoms with Gasteiger partial charge in [-0.1, -0.05) is 146 Å². The fourth-order valence-electron chi connectivity index (χ4n) is 8.77. The second kappa shape index (κ2) is 12.2. The van der Waals surface area contributed by atoms with Crippen molar-refractivity contribution in [3.8, 4) is 50.2 Å². The van der Waals surface area contributed by atoms with Crippen LogP contribution in [0.25, 0.3) is 82.8 Å². The van der Waals surface area contributed by atoms with E-state index in [0.717, 1.165) is 22.7 Å². The van der Waals surface area contributed by atoms with Crippen LogP contribution >= 0.6 is 0 Å². The van der Waals surface area contributed by atoms with E-state index in [1.807, 2.05) is 0 Å². The van der Waals surface area contributed by atoms with E-state index in [9.17, 15) is 0 Å².